The number of hydrogen-bond donors (Lipinski definition) is 0. The van der Waals surface area contributed by atoms with E-state index in [1.807, 2.05) is 31.2 Å². The summed E-state index contributed by atoms with van der Waals surface area (Å²) in [7, 11) is 0. The number of benzene rings is 1. The Morgan fingerprint density at radius 3 is 2.30 bits per heavy atom. The summed E-state index contributed by atoms with van der Waals surface area (Å²) in [4.78, 5) is 0. The summed E-state index contributed by atoms with van der Waals surface area (Å²) >= 11 is 0. The van der Waals surface area contributed by atoms with Crippen molar-refractivity contribution in [1.29, 1.82) is 0 Å². The molecule has 4 rings (SSSR count). The lowest BCUT2D eigenvalue weighted by atomic mass is 9.59. The molecule has 0 spiro atoms. The van der Waals surface area contributed by atoms with Crippen molar-refractivity contribution in [2.75, 3.05) is 0 Å². The van der Waals surface area contributed by atoms with Gasteiger partial charge in [-0.2, -0.15) is 0 Å². The zero-order chi connectivity index (χ0) is 23.3. The van der Waals surface area contributed by atoms with Gasteiger partial charge in [0.25, 0.3) is 0 Å². The molecule has 0 saturated heterocycles. The van der Waals surface area contributed by atoms with E-state index in [0.717, 1.165) is 48.7 Å². The van der Waals surface area contributed by atoms with Crippen molar-refractivity contribution < 1.29 is 8.78 Å². The van der Waals surface area contributed by atoms with Crippen molar-refractivity contribution in [2.45, 2.75) is 90.1 Å². The predicted molar refractivity (Wildman–Crippen MR) is 136 cm³/mol. The van der Waals surface area contributed by atoms with Crippen molar-refractivity contribution in [2.24, 2.45) is 29.1 Å². The molecule has 1 aromatic carbocycles. The molecule has 0 aliphatic heterocycles. The molecule has 1 aromatic rings. The molecule has 33 heavy (non-hydrogen) atoms. The van der Waals surface area contributed by atoms with Crippen LogP contribution in [0.1, 0.15) is 84.0 Å². The molecule has 180 valence electrons. The van der Waals surface area contributed by atoms with Crippen LogP contribution < -0.4 is 10.4 Å². The zero-order valence-electron chi connectivity index (χ0n) is 20.5. The average Bonchev–Trinajstić information content (AvgIpc) is 2.86. The second kappa shape index (κ2) is 11.2. The van der Waals surface area contributed by atoms with Gasteiger partial charge in [-0.3, -0.25) is 0 Å². The molecular formula is C31H42F2. The highest BCUT2D eigenvalue weighted by molar-refractivity contribution is 5.55. The Labute approximate surface area is 199 Å². The fourth-order valence-corrected chi connectivity index (χ4v) is 7.23. The monoisotopic (exact) mass is 452 g/mol. The summed E-state index contributed by atoms with van der Waals surface area (Å²) in [6.07, 6.45) is 20.6. The van der Waals surface area contributed by atoms with Crippen LogP contribution in [0.3, 0.4) is 0 Å². The van der Waals surface area contributed by atoms with Crippen molar-refractivity contribution in [1.82, 2.24) is 0 Å². The van der Waals surface area contributed by atoms with Crippen LogP contribution in [0, 0.1) is 29.1 Å². The topological polar surface area (TPSA) is 0 Å². The maximum absolute atomic E-state index is 15.9. The lowest BCUT2D eigenvalue weighted by molar-refractivity contribution is 0.0591. The molecule has 0 amide bonds. The molecule has 2 atom stereocenters. The van der Waals surface area contributed by atoms with Gasteiger partial charge in [-0.05, 0) is 100 Å². The average molecular weight is 453 g/mol. The Bertz CT molecular complexity index is 928. The van der Waals surface area contributed by atoms with Gasteiger partial charge in [0.1, 0.15) is 5.83 Å². The van der Waals surface area contributed by atoms with Crippen LogP contribution in [-0.2, 0) is 0 Å². The minimum absolute atomic E-state index is 0.219. The molecular weight excluding hydrogens is 410 g/mol. The zero-order valence-corrected chi connectivity index (χ0v) is 20.5. The minimum Gasteiger partial charge on any atom is -0.239 e. The van der Waals surface area contributed by atoms with Crippen LogP contribution >= 0.6 is 0 Å². The smallest absolute Gasteiger partial charge is 0.161 e. The van der Waals surface area contributed by atoms with E-state index in [1.165, 1.54) is 44.9 Å². The Kier molecular flexibility index (Phi) is 8.25. The standard InChI is InChI=1S/C31H42F2/c1-3-5-9-21-31(22-26-11-7-8-12-28(26)29(32)30(31)33)27-19-17-25(18-20-27)24-15-13-23(14-16-24)10-6-4-2/h3-5,7-8,11-12,22-25,27,30H,2,6,9-10,13-21H2,1H3/b5-3+. The highest BCUT2D eigenvalue weighted by atomic mass is 19.2. The minimum atomic E-state index is -1.53. The quantitative estimate of drug-likeness (QED) is 0.353. The summed E-state index contributed by atoms with van der Waals surface area (Å²) in [6.45, 7) is 5.88. The van der Waals surface area contributed by atoms with E-state index in [9.17, 15) is 0 Å². The fraction of sp³-hybridized carbons (Fsp3) is 0.613. The van der Waals surface area contributed by atoms with Crippen LogP contribution in [0.5, 0.6) is 0 Å². The van der Waals surface area contributed by atoms with Gasteiger partial charge >= 0.3 is 0 Å². The van der Waals surface area contributed by atoms with E-state index in [2.05, 4.69) is 24.8 Å². The first-order valence-electron chi connectivity index (χ1n) is 13.4. The van der Waals surface area contributed by atoms with Gasteiger partial charge in [0.05, 0.1) is 0 Å². The molecule has 0 nitrogen and oxygen atoms in total. The van der Waals surface area contributed by atoms with Gasteiger partial charge < -0.3 is 0 Å². The molecule has 0 N–H and O–H groups in total. The molecule has 0 bridgehead atoms. The van der Waals surface area contributed by atoms with Crippen molar-refractivity contribution in [3.63, 3.8) is 0 Å². The van der Waals surface area contributed by atoms with E-state index < -0.39 is 17.4 Å². The molecule has 3 aliphatic rings. The molecule has 2 heteroatoms. The van der Waals surface area contributed by atoms with E-state index in [-0.39, 0.29) is 5.92 Å². The first-order chi connectivity index (χ1) is 16.1. The lowest BCUT2D eigenvalue weighted by Gasteiger charge is -2.46. The summed E-state index contributed by atoms with van der Waals surface area (Å²) in [5.74, 6) is 2.17. The second-order valence-electron chi connectivity index (χ2n) is 10.9. The molecule has 0 aromatic heterocycles. The summed E-state index contributed by atoms with van der Waals surface area (Å²) in [6, 6.07) is 7.44. The van der Waals surface area contributed by atoms with Gasteiger partial charge in [0.2, 0.25) is 0 Å². The number of hydrogen-bond acceptors (Lipinski definition) is 0. The van der Waals surface area contributed by atoms with Gasteiger partial charge in [-0.1, -0.05) is 61.4 Å². The van der Waals surface area contributed by atoms with Crippen molar-refractivity contribution in [3.8, 4) is 0 Å². The second-order valence-corrected chi connectivity index (χ2v) is 10.9. The molecule has 0 heterocycles. The van der Waals surface area contributed by atoms with Crippen LogP contribution in [0.25, 0.3) is 11.9 Å². The number of halogens is 2. The van der Waals surface area contributed by atoms with E-state index >= 15 is 8.78 Å². The number of fused-ring (bicyclic) bond motifs is 1. The van der Waals surface area contributed by atoms with Crippen molar-refractivity contribution in [3.05, 3.63) is 59.5 Å². The van der Waals surface area contributed by atoms with Crippen LogP contribution in [0.15, 0.2) is 49.1 Å². The molecule has 2 saturated carbocycles. The van der Waals surface area contributed by atoms with Gasteiger partial charge in [-0.25, -0.2) is 8.78 Å². The largest absolute Gasteiger partial charge is 0.239 e. The van der Waals surface area contributed by atoms with E-state index in [4.69, 9.17) is 0 Å². The first kappa shape index (κ1) is 24.4. The van der Waals surface area contributed by atoms with Gasteiger partial charge in [0.15, 0.2) is 6.17 Å². The third kappa shape index (κ3) is 5.20. The Morgan fingerprint density at radius 1 is 0.970 bits per heavy atom. The third-order valence-corrected chi connectivity index (χ3v) is 9.19. The number of alkyl halides is 1. The van der Waals surface area contributed by atoms with E-state index in [1.54, 1.807) is 6.07 Å². The van der Waals surface area contributed by atoms with E-state index in [0.29, 0.717) is 11.6 Å². The van der Waals surface area contributed by atoms with Crippen LogP contribution in [-0.4, -0.2) is 6.17 Å². The van der Waals surface area contributed by atoms with Crippen LogP contribution in [0.4, 0.5) is 8.78 Å². The lowest BCUT2D eigenvalue weighted by Crippen LogP contribution is -2.48. The number of allylic oxidation sites excluding steroid dienone is 3. The third-order valence-electron chi connectivity index (χ3n) is 9.19. The SMILES string of the molecule is C=CCCC1CCC(C2CCC(C3(CC/C=C/C)C=c4ccccc4=C(F)C3F)CC2)CC1. The summed E-state index contributed by atoms with van der Waals surface area (Å²) in [5.41, 5.74) is -0.717. The maximum Gasteiger partial charge on any atom is 0.161 e. The number of rotatable bonds is 8. The van der Waals surface area contributed by atoms with Crippen molar-refractivity contribution >= 4 is 11.9 Å². The first-order valence-corrected chi connectivity index (χ1v) is 13.4. The maximum atomic E-state index is 15.9. The normalized spacial score (nSPS) is 34.6. The highest BCUT2D eigenvalue weighted by Gasteiger charge is 2.48. The summed E-state index contributed by atoms with van der Waals surface area (Å²) in [5, 5.41) is 1.33. The van der Waals surface area contributed by atoms with Gasteiger partial charge in [0, 0.05) is 10.6 Å². The summed E-state index contributed by atoms with van der Waals surface area (Å²) < 4.78 is 31.2. The molecule has 2 unspecified atom stereocenters. The molecule has 2 fully saturated rings. The predicted octanol–water partition coefficient (Wildman–Crippen LogP) is 7.82. The Balaban J connectivity index is 1.47. The molecule has 0 radical (unpaired) electrons. The molecule has 3 aliphatic carbocycles. The van der Waals surface area contributed by atoms with Crippen LogP contribution in [0.2, 0.25) is 0 Å². The Hall–Kier alpha value is -1.70. The Morgan fingerprint density at radius 2 is 1.64 bits per heavy atom. The highest BCUT2D eigenvalue weighted by Crippen LogP contribution is 2.52. The fourth-order valence-electron chi connectivity index (χ4n) is 7.23. The van der Waals surface area contributed by atoms with Gasteiger partial charge in [-0.15, -0.1) is 6.58 Å².